The number of rotatable bonds is 7. The van der Waals surface area contributed by atoms with Gasteiger partial charge in [0.1, 0.15) is 11.6 Å². The maximum atomic E-state index is 15.1. The van der Waals surface area contributed by atoms with E-state index in [-0.39, 0.29) is 21.9 Å². The van der Waals surface area contributed by atoms with Gasteiger partial charge in [0.25, 0.3) is 10.0 Å². The molecule has 0 aromatic heterocycles. The fourth-order valence-corrected chi connectivity index (χ4v) is 6.48. The molecule has 2 heterocycles. The second-order valence-corrected chi connectivity index (χ2v) is 11.0. The van der Waals surface area contributed by atoms with Gasteiger partial charge in [-0.15, -0.1) is 0 Å². The van der Waals surface area contributed by atoms with Gasteiger partial charge in [-0.2, -0.15) is 0 Å². The maximum Gasteiger partial charge on any atom is 0.264 e. The SMILES string of the molecule is CCc1cc(F)c2c(c1)CC[C@H](C)N2S(=O)(=O)c1ccc(OCC2CCOCC2)c(C(C)=O)c1. The van der Waals surface area contributed by atoms with Crippen LogP contribution in [0.3, 0.4) is 0 Å². The molecule has 2 aliphatic rings. The standard InChI is InChI=1S/C26H32FNO5S/c1-4-19-13-21-6-5-17(2)28(26(21)24(27)14-19)34(30,31)22-7-8-25(23(15-22)18(3)29)33-16-20-9-11-32-12-10-20/h7-8,13-15,17,20H,4-6,9-12,16H2,1-3H3/t17-/m0/s1. The number of nitrogens with zero attached hydrogens (tertiary/aromatic N) is 1. The van der Waals surface area contributed by atoms with Crippen LogP contribution in [0.2, 0.25) is 0 Å². The second-order valence-electron chi connectivity index (χ2n) is 9.21. The fraction of sp³-hybridized carbons (Fsp3) is 0.500. The largest absolute Gasteiger partial charge is 0.493 e. The number of halogens is 1. The van der Waals surface area contributed by atoms with Gasteiger partial charge >= 0.3 is 0 Å². The molecule has 1 fully saturated rings. The van der Waals surface area contributed by atoms with Gasteiger partial charge in [-0.25, -0.2) is 12.8 Å². The molecule has 2 aliphatic heterocycles. The van der Waals surface area contributed by atoms with E-state index in [1.807, 2.05) is 13.0 Å². The highest BCUT2D eigenvalue weighted by molar-refractivity contribution is 7.92. The monoisotopic (exact) mass is 489 g/mol. The molecule has 6 nitrogen and oxygen atoms in total. The summed E-state index contributed by atoms with van der Waals surface area (Å²) in [7, 11) is -4.11. The van der Waals surface area contributed by atoms with Crippen molar-refractivity contribution in [3.05, 3.63) is 52.8 Å². The van der Waals surface area contributed by atoms with Crippen molar-refractivity contribution in [1.29, 1.82) is 0 Å². The molecular weight excluding hydrogens is 457 g/mol. The summed E-state index contributed by atoms with van der Waals surface area (Å²) < 4.78 is 55.1. The van der Waals surface area contributed by atoms with Crippen molar-refractivity contribution in [2.75, 3.05) is 24.1 Å². The Kier molecular flexibility index (Phi) is 7.28. The Hall–Kier alpha value is -2.45. The summed E-state index contributed by atoms with van der Waals surface area (Å²) in [4.78, 5) is 12.3. The number of ketones is 1. The lowest BCUT2D eigenvalue weighted by atomic mass is 9.96. The van der Waals surface area contributed by atoms with E-state index in [0.717, 1.165) is 18.4 Å². The maximum absolute atomic E-state index is 15.1. The number of hydrogen-bond donors (Lipinski definition) is 0. The number of anilines is 1. The van der Waals surface area contributed by atoms with Crippen molar-refractivity contribution in [3.63, 3.8) is 0 Å². The van der Waals surface area contributed by atoms with Gasteiger partial charge in [-0.3, -0.25) is 9.10 Å². The van der Waals surface area contributed by atoms with E-state index < -0.39 is 21.9 Å². The Morgan fingerprint density at radius 2 is 1.91 bits per heavy atom. The van der Waals surface area contributed by atoms with Gasteiger partial charge in [0.2, 0.25) is 0 Å². The van der Waals surface area contributed by atoms with Gasteiger partial charge < -0.3 is 9.47 Å². The zero-order chi connectivity index (χ0) is 24.5. The summed E-state index contributed by atoms with van der Waals surface area (Å²) in [6.45, 7) is 6.93. The Morgan fingerprint density at radius 1 is 1.18 bits per heavy atom. The van der Waals surface area contributed by atoms with Crippen LogP contribution < -0.4 is 9.04 Å². The molecule has 1 atom stereocenters. The first-order valence-corrected chi connectivity index (χ1v) is 13.4. The molecule has 0 spiro atoms. The van der Waals surface area contributed by atoms with E-state index in [1.165, 1.54) is 35.5 Å². The van der Waals surface area contributed by atoms with Gasteiger partial charge in [-0.05, 0) is 87.3 Å². The van der Waals surface area contributed by atoms with Crippen LogP contribution in [0.1, 0.15) is 61.5 Å². The highest BCUT2D eigenvalue weighted by Crippen LogP contribution is 2.39. The number of carbonyl (C=O) groups excluding carboxylic acids is 1. The smallest absolute Gasteiger partial charge is 0.264 e. The Labute approximate surface area is 201 Å². The van der Waals surface area contributed by atoms with Crippen LogP contribution in [0, 0.1) is 11.7 Å². The summed E-state index contributed by atoms with van der Waals surface area (Å²) in [5, 5.41) is 0. The molecule has 0 N–H and O–H groups in total. The first-order chi connectivity index (χ1) is 16.2. The molecule has 1 saturated heterocycles. The number of benzene rings is 2. The van der Waals surface area contributed by atoms with Crippen molar-refractivity contribution in [2.24, 2.45) is 5.92 Å². The third-order valence-corrected chi connectivity index (χ3v) is 8.68. The number of Topliss-reactive ketones (excluding diaryl/α,β-unsaturated/α-hetero) is 1. The molecule has 2 aromatic carbocycles. The molecule has 34 heavy (non-hydrogen) atoms. The zero-order valence-electron chi connectivity index (χ0n) is 20.0. The fourth-order valence-electron chi connectivity index (χ4n) is 4.72. The van der Waals surface area contributed by atoms with E-state index in [9.17, 15) is 13.2 Å². The molecule has 4 rings (SSSR count). The van der Waals surface area contributed by atoms with Crippen LogP contribution >= 0.6 is 0 Å². The molecular formula is C26H32FNO5S. The average molecular weight is 490 g/mol. The number of aryl methyl sites for hydroxylation is 2. The lowest BCUT2D eigenvalue weighted by Gasteiger charge is -2.36. The third-order valence-electron chi connectivity index (χ3n) is 6.77. The summed E-state index contributed by atoms with van der Waals surface area (Å²) in [5.74, 6) is -0.125. The van der Waals surface area contributed by atoms with Crippen LogP contribution in [-0.2, 0) is 27.6 Å². The Balaban J connectivity index is 1.68. The quantitative estimate of drug-likeness (QED) is 0.516. The number of carbonyl (C=O) groups is 1. The molecule has 8 heteroatoms. The van der Waals surface area contributed by atoms with E-state index in [2.05, 4.69) is 0 Å². The summed E-state index contributed by atoms with van der Waals surface area (Å²) in [6.07, 6.45) is 3.65. The van der Waals surface area contributed by atoms with Crippen LogP contribution in [0.15, 0.2) is 35.2 Å². The van der Waals surface area contributed by atoms with Crippen molar-refractivity contribution < 1.29 is 27.1 Å². The van der Waals surface area contributed by atoms with Gasteiger partial charge in [0.05, 0.1) is 22.8 Å². The normalized spacial score (nSPS) is 19.1. The first-order valence-electron chi connectivity index (χ1n) is 11.9. The van der Waals surface area contributed by atoms with E-state index in [4.69, 9.17) is 9.47 Å². The number of hydrogen-bond acceptors (Lipinski definition) is 5. The number of fused-ring (bicyclic) bond motifs is 1. The first kappa shape index (κ1) is 24.7. The zero-order valence-corrected chi connectivity index (χ0v) is 20.8. The molecule has 0 saturated carbocycles. The summed E-state index contributed by atoms with van der Waals surface area (Å²) in [5.41, 5.74) is 1.86. The highest BCUT2D eigenvalue weighted by atomic mass is 32.2. The van der Waals surface area contributed by atoms with E-state index in [1.54, 1.807) is 6.92 Å². The Bertz CT molecular complexity index is 1170. The van der Waals surface area contributed by atoms with Crippen LogP contribution in [-0.4, -0.2) is 40.1 Å². The topological polar surface area (TPSA) is 72.9 Å². The average Bonchev–Trinajstić information content (AvgIpc) is 2.83. The van der Waals surface area contributed by atoms with Crippen molar-refractivity contribution in [1.82, 2.24) is 0 Å². The molecule has 0 bridgehead atoms. The molecule has 2 aromatic rings. The summed E-state index contributed by atoms with van der Waals surface area (Å²) >= 11 is 0. The van der Waals surface area contributed by atoms with Crippen molar-refractivity contribution in [3.8, 4) is 5.75 Å². The third kappa shape index (κ3) is 4.84. The summed E-state index contributed by atoms with van der Waals surface area (Å²) in [6, 6.07) is 7.23. The predicted octanol–water partition coefficient (Wildman–Crippen LogP) is 4.93. The van der Waals surface area contributed by atoms with E-state index in [0.29, 0.717) is 56.3 Å². The molecule has 0 radical (unpaired) electrons. The van der Waals surface area contributed by atoms with Crippen molar-refractivity contribution in [2.45, 2.75) is 63.8 Å². The minimum atomic E-state index is -4.11. The van der Waals surface area contributed by atoms with Crippen LogP contribution in [0.25, 0.3) is 0 Å². The van der Waals surface area contributed by atoms with E-state index >= 15 is 4.39 Å². The number of ether oxygens (including phenoxy) is 2. The molecule has 0 unspecified atom stereocenters. The van der Waals surface area contributed by atoms with Gasteiger partial charge in [0.15, 0.2) is 5.78 Å². The minimum Gasteiger partial charge on any atom is -0.493 e. The van der Waals surface area contributed by atoms with Crippen LogP contribution in [0.5, 0.6) is 5.75 Å². The highest BCUT2D eigenvalue weighted by Gasteiger charge is 2.36. The van der Waals surface area contributed by atoms with Gasteiger partial charge in [-0.1, -0.05) is 13.0 Å². The lowest BCUT2D eigenvalue weighted by molar-refractivity contribution is 0.0495. The molecule has 184 valence electrons. The predicted molar refractivity (Wildman–Crippen MR) is 129 cm³/mol. The van der Waals surface area contributed by atoms with Gasteiger partial charge in [0, 0.05) is 19.3 Å². The van der Waals surface area contributed by atoms with Crippen molar-refractivity contribution >= 4 is 21.5 Å². The lowest BCUT2D eigenvalue weighted by Crippen LogP contribution is -2.42. The number of sulfonamides is 1. The minimum absolute atomic E-state index is 0.0465. The van der Waals surface area contributed by atoms with Crippen LogP contribution in [0.4, 0.5) is 10.1 Å². The Morgan fingerprint density at radius 3 is 2.59 bits per heavy atom. The molecule has 0 amide bonds. The second kappa shape index (κ2) is 10.0. The molecule has 0 aliphatic carbocycles.